The molecule has 1 fully saturated rings. The van der Waals surface area contributed by atoms with Crippen molar-refractivity contribution < 1.29 is 4.79 Å². The molecule has 2 heterocycles. The number of aromatic amines is 1. The van der Waals surface area contributed by atoms with Crippen LogP contribution >= 0.6 is 0 Å². The Morgan fingerprint density at radius 1 is 1.11 bits per heavy atom. The molecule has 1 aliphatic heterocycles. The van der Waals surface area contributed by atoms with Crippen LogP contribution in [-0.4, -0.2) is 51.9 Å². The molecule has 6 heteroatoms. The molecule has 0 aliphatic carbocycles. The van der Waals surface area contributed by atoms with Crippen LogP contribution in [0.5, 0.6) is 0 Å². The fraction of sp³-hybridized carbons (Fsp3) is 0.476. The highest BCUT2D eigenvalue weighted by Gasteiger charge is 2.19. The lowest BCUT2D eigenvalue weighted by Gasteiger charge is -2.22. The van der Waals surface area contributed by atoms with Crippen molar-refractivity contribution in [2.75, 3.05) is 26.2 Å². The zero-order valence-electron chi connectivity index (χ0n) is 16.2. The first-order chi connectivity index (χ1) is 13.0. The Labute approximate surface area is 160 Å². The largest absolute Gasteiger partial charge is 0.341 e. The Morgan fingerprint density at radius 2 is 1.89 bits per heavy atom. The SMILES string of the molecule is Cc1ccc(CCC(=O)N2CCCN(Cc3cc(=O)[nH]c(C)n3)CC2)cc1. The van der Waals surface area contributed by atoms with Gasteiger partial charge in [-0.15, -0.1) is 0 Å². The second-order valence-electron chi connectivity index (χ2n) is 7.32. The van der Waals surface area contributed by atoms with Crippen molar-refractivity contribution in [1.82, 2.24) is 19.8 Å². The van der Waals surface area contributed by atoms with E-state index in [-0.39, 0.29) is 11.5 Å². The van der Waals surface area contributed by atoms with E-state index in [1.54, 1.807) is 13.0 Å². The van der Waals surface area contributed by atoms with Gasteiger partial charge in [-0.2, -0.15) is 0 Å². The number of benzene rings is 1. The van der Waals surface area contributed by atoms with Gasteiger partial charge in [-0.3, -0.25) is 14.5 Å². The van der Waals surface area contributed by atoms with Gasteiger partial charge >= 0.3 is 0 Å². The van der Waals surface area contributed by atoms with E-state index in [4.69, 9.17) is 0 Å². The first-order valence-electron chi connectivity index (χ1n) is 9.62. The van der Waals surface area contributed by atoms with Gasteiger partial charge in [-0.05, 0) is 32.3 Å². The van der Waals surface area contributed by atoms with E-state index in [1.165, 1.54) is 11.1 Å². The maximum absolute atomic E-state index is 12.6. The molecule has 1 saturated heterocycles. The predicted molar refractivity (Wildman–Crippen MR) is 106 cm³/mol. The average Bonchev–Trinajstić information content (AvgIpc) is 2.86. The third kappa shape index (κ3) is 5.76. The zero-order chi connectivity index (χ0) is 19.2. The van der Waals surface area contributed by atoms with Crippen LogP contribution in [0.15, 0.2) is 35.1 Å². The smallest absolute Gasteiger partial charge is 0.251 e. The molecule has 3 rings (SSSR count). The predicted octanol–water partition coefficient (Wildman–Crippen LogP) is 2.05. The fourth-order valence-corrected chi connectivity index (χ4v) is 3.49. The molecule has 0 saturated carbocycles. The second kappa shape index (κ2) is 8.95. The number of hydrogen-bond donors (Lipinski definition) is 1. The molecule has 1 amide bonds. The van der Waals surface area contributed by atoms with Gasteiger partial charge in [0.2, 0.25) is 5.91 Å². The zero-order valence-corrected chi connectivity index (χ0v) is 16.2. The lowest BCUT2D eigenvalue weighted by molar-refractivity contribution is -0.131. The van der Waals surface area contributed by atoms with Crippen LogP contribution in [0.4, 0.5) is 0 Å². The van der Waals surface area contributed by atoms with Gasteiger partial charge in [0.25, 0.3) is 5.56 Å². The molecule has 1 aromatic heterocycles. The summed E-state index contributed by atoms with van der Waals surface area (Å²) < 4.78 is 0. The van der Waals surface area contributed by atoms with Crippen molar-refractivity contribution in [2.24, 2.45) is 0 Å². The highest BCUT2D eigenvalue weighted by atomic mass is 16.2. The van der Waals surface area contributed by atoms with E-state index in [0.717, 1.165) is 44.7 Å². The third-order valence-electron chi connectivity index (χ3n) is 4.99. The Kier molecular flexibility index (Phi) is 6.40. The summed E-state index contributed by atoms with van der Waals surface area (Å²) in [5, 5.41) is 0. The van der Waals surface area contributed by atoms with Crippen molar-refractivity contribution in [3.8, 4) is 0 Å². The highest BCUT2D eigenvalue weighted by Crippen LogP contribution is 2.11. The number of nitrogens with one attached hydrogen (secondary N) is 1. The third-order valence-corrected chi connectivity index (χ3v) is 4.99. The van der Waals surface area contributed by atoms with E-state index in [1.807, 2.05) is 4.90 Å². The van der Waals surface area contributed by atoms with E-state index in [2.05, 4.69) is 46.1 Å². The molecule has 0 radical (unpaired) electrons. The maximum atomic E-state index is 12.6. The van der Waals surface area contributed by atoms with E-state index >= 15 is 0 Å². The number of nitrogens with zero attached hydrogens (tertiary/aromatic N) is 3. The average molecular weight is 368 g/mol. The van der Waals surface area contributed by atoms with Gasteiger partial charge < -0.3 is 9.88 Å². The molecular formula is C21H28N4O2. The first kappa shape index (κ1) is 19.3. The van der Waals surface area contributed by atoms with Crippen molar-refractivity contribution in [2.45, 2.75) is 39.7 Å². The van der Waals surface area contributed by atoms with Crippen molar-refractivity contribution in [3.05, 3.63) is 63.3 Å². The molecular weight excluding hydrogens is 340 g/mol. The molecule has 6 nitrogen and oxygen atoms in total. The number of amides is 1. The van der Waals surface area contributed by atoms with Gasteiger partial charge in [0, 0.05) is 45.2 Å². The Bertz CT molecular complexity index is 829. The molecule has 0 spiro atoms. The number of carbonyl (C=O) groups excluding carboxylic acids is 1. The van der Waals surface area contributed by atoms with Crippen LogP contribution in [0.1, 0.15) is 35.5 Å². The summed E-state index contributed by atoms with van der Waals surface area (Å²) in [5.41, 5.74) is 3.12. The summed E-state index contributed by atoms with van der Waals surface area (Å²) in [6.07, 6.45) is 2.28. The van der Waals surface area contributed by atoms with Crippen LogP contribution in [0.2, 0.25) is 0 Å². The van der Waals surface area contributed by atoms with Crippen LogP contribution in [0.25, 0.3) is 0 Å². The minimum Gasteiger partial charge on any atom is -0.341 e. The monoisotopic (exact) mass is 368 g/mol. The Hall–Kier alpha value is -2.47. The number of hydrogen-bond acceptors (Lipinski definition) is 4. The molecule has 0 unspecified atom stereocenters. The number of carbonyl (C=O) groups is 1. The summed E-state index contributed by atoms with van der Waals surface area (Å²) in [5.74, 6) is 0.864. The number of H-pyrrole nitrogens is 1. The number of aryl methyl sites for hydroxylation is 3. The van der Waals surface area contributed by atoms with E-state index < -0.39 is 0 Å². The number of aromatic nitrogens is 2. The lowest BCUT2D eigenvalue weighted by Crippen LogP contribution is -2.35. The van der Waals surface area contributed by atoms with Crippen LogP contribution in [0.3, 0.4) is 0 Å². The van der Waals surface area contributed by atoms with Crippen molar-refractivity contribution >= 4 is 5.91 Å². The first-order valence-corrected chi connectivity index (χ1v) is 9.62. The maximum Gasteiger partial charge on any atom is 0.251 e. The lowest BCUT2D eigenvalue weighted by atomic mass is 10.1. The van der Waals surface area contributed by atoms with E-state index in [0.29, 0.717) is 18.8 Å². The molecule has 2 aromatic rings. The van der Waals surface area contributed by atoms with Gasteiger partial charge in [0.15, 0.2) is 0 Å². The highest BCUT2D eigenvalue weighted by molar-refractivity contribution is 5.76. The topological polar surface area (TPSA) is 69.3 Å². The quantitative estimate of drug-likeness (QED) is 0.877. The van der Waals surface area contributed by atoms with Crippen molar-refractivity contribution in [3.63, 3.8) is 0 Å². The summed E-state index contributed by atoms with van der Waals surface area (Å²) in [6.45, 7) is 7.76. The molecule has 0 bridgehead atoms. The van der Waals surface area contributed by atoms with Crippen molar-refractivity contribution in [1.29, 1.82) is 0 Å². The Morgan fingerprint density at radius 3 is 2.63 bits per heavy atom. The summed E-state index contributed by atoms with van der Waals surface area (Å²) >= 11 is 0. The molecule has 1 aliphatic rings. The minimum absolute atomic E-state index is 0.111. The standard InChI is InChI=1S/C21H28N4O2/c1-16-4-6-18(7-5-16)8-9-21(27)25-11-3-10-24(12-13-25)15-19-14-20(26)23-17(2)22-19/h4-7,14H,3,8-13,15H2,1-2H3,(H,22,23,26). The molecule has 27 heavy (non-hydrogen) atoms. The normalized spacial score (nSPS) is 15.6. The second-order valence-corrected chi connectivity index (χ2v) is 7.32. The minimum atomic E-state index is -0.111. The fourth-order valence-electron chi connectivity index (χ4n) is 3.49. The van der Waals surface area contributed by atoms with E-state index in [9.17, 15) is 9.59 Å². The molecule has 0 atom stereocenters. The molecule has 1 N–H and O–H groups in total. The van der Waals surface area contributed by atoms with Crippen LogP contribution in [-0.2, 0) is 17.8 Å². The Balaban J connectivity index is 1.50. The molecule has 144 valence electrons. The van der Waals surface area contributed by atoms with Gasteiger partial charge in [-0.25, -0.2) is 4.98 Å². The van der Waals surface area contributed by atoms with Gasteiger partial charge in [0.1, 0.15) is 5.82 Å². The summed E-state index contributed by atoms with van der Waals surface area (Å²) in [7, 11) is 0. The van der Waals surface area contributed by atoms with Gasteiger partial charge in [-0.1, -0.05) is 29.8 Å². The number of rotatable bonds is 5. The van der Waals surface area contributed by atoms with Gasteiger partial charge in [0.05, 0.1) is 5.69 Å². The van der Waals surface area contributed by atoms with Crippen LogP contribution in [0, 0.1) is 13.8 Å². The molecule has 1 aromatic carbocycles. The summed E-state index contributed by atoms with van der Waals surface area (Å²) in [4.78, 5) is 35.5. The summed E-state index contributed by atoms with van der Waals surface area (Å²) in [6, 6.07) is 9.94. The van der Waals surface area contributed by atoms with Crippen LogP contribution < -0.4 is 5.56 Å².